The van der Waals surface area contributed by atoms with Gasteiger partial charge in [0.1, 0.15) is 5.75 Å². The molecule has 0 aromatic heterocycles. The maximum atomic E-state index is 12.4. The van der Waals surface area contributed by atoms with E-state index in [-0.39, 0.29) is 16.5 Å². The van der Waals surface area contributed by atoms with Gasteiger partial charge in [-0.05, 0) is 41.5 Å². The molecule has 0 amide bonds. The van der Waals surface area contributed by atoms with Crippen molar-refractivity contribution < 1.29 is 22.6 Å². The van der Waals surface area contributed by atoms with E-state index in [1.807, 2.05) is 18.2 Å². The Morgan fingerprint density at radius 3 is 2.80 bits per heavy atom. The summed E-state index contributed by atoms with van der Waals surface area (Å²) in [4.78, 5) is 0. The fraction of sp³-hybridized carbons (Fsp3) is 0.235. The third kappa shape index (κ3) is 4.76. The number of alkyl halides is 3. The minimum Gasteiger partial charge on any atom is -0.493 e. The summed E-state index contributed by atoms with van der Waals surface area (Å²) in [6.45, 7) is 1.13. The van der Waals surface area contributed by atoms with Crippen molar-refractivity contribution in [1.82, 2.24) is 5.32 Å². The first kappa shape index (κ1) is 17.3. The number of para-hydroxylation sites is 2. The monoisotopic (exact) mass is 368 g/mol. The maximum Gasteiger partial charge on any atom is 0.573 e. The molecule has 0 aliphatic carbocycles. The second-order valence-corrected chi connectivity index (χ2v) is 5.80. The summed E-state index contributed by atoms with van der Waals surface area (Å²) in [7, 11) is 0. The van der Waals surface area contributed by atoms with Gasteiger partial charge in [-0.1, -0.05) is 24.3 Å². The highest BCUT2D eigenvalue weighted by molar-refractivity contribution is 7.80. The number of ether oxygens (including phenoxy) is 2. The topological polar surface area (TPSA) is 42.5 Å². The molecule has 0 saturated heterocycles. The van der Waals surface area contributed by atoms with Crippen molar-refractivity contribution in [1.29, 1.82) is 0 Å². The molecule has 2 N–H and O–H groups in total. The number of fused-ring (bicyclic) bond motifs is 1. The molecular formula is C17H15F3N2O2S. The largest absolute Gasteiger partial charge is 0.573 e. The van der Waals surface area contributed by atoms with Gasteiger partial charge in [-0.2, -0.15) is 0 Å². The Morgan fingerprint density at radius 2 is 2.00 bits per heavy atom. The molecule has 2 aromatic carbocycles. The number of nitrogens with one attached hydrogen (secondary N) is 2. The maximum absolute atomic E-state index is 12.4. The van der Waals surface area contributed by atoms with Gasteiger partial charge >= 0.3 is 6.36 Å². The highest BCUT2D eigenvalue weighted by atomic mass is 32.1. The van der Waals surface area contributed by atoms with Gasteiger partial charge in [0.25, 0.3) is 0 Å². The van der Waals surface area contributed by atoms with E-state index in [4.69, 9.17) is 17.0 Å². The van der Waals surface area contributed by atoms with Gasteiger partial charge in [0.05, 0.1) is 12.3 Å². The molecule has 0 bridgehead atoms. The Labute approximate surface area is 147 Å². The molecule has 2 aromatic rings. The molecule has 0 fully saturated rings. The first-order valence-corrected chi connectivity index (χ1v) is 7.96. The number of benzene rings is 2. The zero-order chi connectivity index (χ0) is 17.9. The number of rotatable bonds is 4. The molecule has 0 saturated carbocycles. The number of halogens is 3. The standard InChI is InChI=1S/C17H15F3N2O2S/c18-17(19,20)24-15-4-2-1-3-13(15)22-16(25)21-10-11-5-6-14-12(9-11)7-8-23-14/h1-6,9H,7-8,10H2,(H2,21,22,25). The number of hydrogen-bond acceptors (Lipinski definition) is 3. The minimum absolute atomic E-state index is 0.139. The average molecular weight is 368 g/mol. The van der Waals surface area contributed by atoms with Crippen molar-refractivity contribution in [3.63, 3.8) is 0 Å². The summed E-state index contributed by atoms with van der Waals surface area (Å²) < 4.78 is 46.7. The third-order valence-electron chi connectivity index (χ3n) is 3.57. The quantitative estimate of drug-likeness (QED) is 0.799. The zero-order valence-corrected chi connectivity index (χ0v) is 13.8. The summed E-state index contributed by atoms with van der Waals surface area (Å²) in [5.41, 5.74) is 2.29. The molecule has 1 heterocycles. The number of thiocarbonyl (C=S) groups is 1. The summed E-state index contributed by atoms with van der Waals surface area (Å²) >= 11 is 5.15. The van der Waals surface area contributed by atoms with E-state index in [9.17, 15) is 13.2 Å². The highest BCUT2D eigenvalue weighted by Gasteiger charge is 2.32. The van der Waals surface area contributed by atoms with Gasteiger partial charge in [-0.3, -0.25) is 0 Å². The van der Waals surface area contributed by atoms with E-state index in [0.717, 1.165) is 23.3 Å². The first-order valence-electron chi connectivity index (χ1n) is 7.55. The molecule has 4 nitrogen and oxygen atoms in total. The van der Waals surface area contributed by atoms with Gasteiger partial charge in [-0.15, -0.1) is 13.2 Å². The Kier molecular flexibility index (Phi) is 4.98. The van der Waals surface area contributed by atoms with Crippen molar-refractivity contribution in [3.8, 4) is 11.5 Å². The van der Waals surface area contributed by atoms with Crippen LogP contribution in [0.15, 0.2) is 42.5 Å². The fourth-order valence-electron chi connectivity index (χ4n) is 2.48. The fourth-order valence-corrected chi connectivity index (χ4v) is 2.66. The lowest BCUT2D eigenvalue weighted by molar-refractivity contribution is -0.274. The Balaban J connectivity index is 1.60. The SMILES string of the molecule is FC(F)(F)Oc1ccccc1NC(=S)NCc1ccc2c(c1)CCO2. The van der Waals surface area contributed by atoms with Crippen molar-refractivity contribution in [2.75, 3.05) is 11.9 Å². The second-order valence-electron chi connectivity index (χ2n) is 5.39. The van der Waals surface area contributed by atoms with Gasteiger partial charge in [-0.25, -0.2) is 0 Å². The number of hydrogen-bond donors (Lipinski definition) is 2. The lowest BCUT2D eigenvalue weighted by Crippen LogP contribution is -2.28. The van der Waals surface area contributed by atoms with E-state index in [0.29, 0.717) is 13.2 Å². The average Bonchev–Trinajstić information content (AvgIpc) is 3.01. The minimum atomic E-state index is -4.76. The molecule has 25 heavy (non-hydrogen) atoms. The van der Waals surface area contributed by atoms with Crippen molar-refractivity contribution >= 4 is 23.0 Å². The van der Waals surface area contributed by atoms with E-state index in [1.165, 1.54) is 18.2 Å². The Hall–Kier alpha value is -2.48. The van der Waals surface area contributed by atoms with Gasteiger partial charge in [0, 0.05) is 13.0 Å². The van der Waals surface area contributed by atoms with E-state index in [1.54, 1.807) is 6.07 Å². The predicted molar refractivity (Wildman–Crippen MR) is 91.8 cm³/mol. The van der Waals surface area contributed by atoms with Crippen LogP contribution in [0.25, 0.3) is 0 Å². The van der Waals surface area contributed by atoms with Crippen molar-refractivity contribution in [2.24, 2.45) is 0 Å². The smallest absolute Gasteiger partial charge is 0.493 e. The van der Waals surface area contributed by atoms with Crippen LogP contribution in [0.2, 0.25) is 0 Å². The van der Waals surface area contributed by atoms with Gasteiger partial charge in [0.2, 0.25) is 0 Å². The molecule has 0 unspecified atom stereocenters. The highest BCUT2D eigenvalue weighted by Crippen LogP contribution is 2.30. The summed E-state index contributed by atoms with van der Waals surface area (Å²) in [6, 6.07) is 11.6. The van der Waals surface area contributed by atoms with Crippen LogP contribution in [-0.2, 0) is 13.0 Å². The summed E-state index contributed by atoms with van der Waals surface area (Å²) in [6.07, 6.45) is -3.90. The Morgan fingerprint density at radius 1 is 1.20 bits per heavy atom. The van der Waals surface area contributed by atoms with Crippen LogP contribution in [0.3, 0.4) is 0 Å². The molecular weight excluding hydrogens is 353 g/mol. The van der Waals surface area contributed by atoms with Crippen LogP contribution in [0.4, 0.5) is 18.9 Å². The lowest BCUT2D eigenvalue weighted by atomic mass is 10.1. The first-order chi connectivity index (χ1) is 11.9. The second kappa shape index (κ2) is 7.18. The van der Waals surface area contributed by atoms with Crippen LogP contribution in [0.1, 0.15) is 11.1 Å². The summed E-state index contributed by atoms with van der Waals surface area (Å²) in [5, 5.41) is 5.90. The van der Waals surface area contributed by atoms with Crippen LogP contribution in [-0.4, -0.2) is 18.1 Å². The molecule has 0 radical (unpaired) electrons. The van der Waals surface area contributed by atoms with E-state index >= 15 is 0 Å². The third-order valence-corrected chi connectivity index (χ3v) is 3.81. The van der Waals surface area contributed by atoms with E-state index < -0.39 is 6.36 Å². The van der Waals surface area contributed by atoms with Crippen LogP contribution in [0.5, 0.6) is 11.5 Å². The molecule has 1 aliphatic rings. The lowest BCUT2D eigenvalue weighted by Gasteiger charge is -2.16. The number of anilines is 1. The summed E-state index contributed by atoms with van der Waals surface area (Å²) in [5.74, 6) is 0.552. The van der Waals surface area contributed by atoms with Crippen LogP contribution in [0, 0.1) is 0 Å². The molecule has 8 heteroatoms. The predicted octanol–water partition coefficient (Wildman–Crippen LogP) is 4.01. The van der Waals surface area contributed by atoms with E-state index in [2.05, 4.69) is 15.4 Å². The Bertz CT molecular complexity index is 781. The molecule has 132 valence electrons. The molecule has 1 aliphatic heterocycles. The van der Waals surface area contributed by atoms with Crippen molar-refractivity contribution in [3.05, 3.63) is 53.6 Å². The van der Waals surface area contributed by atoms with Gasteiger partial charge in [0.15, 0.2) is 10.9 Å². The normalized spacial score (nSPS) is 12.9. The van der Waals surface area contributed by atoms with Gasteiger partial charge < -0.3 is 20.1 Å². The van der Waals surface area contributed by atoms with Crippen LogP contribution < -0.4 is 20.1 Å². The zero-order valence-electron chi connectivity index (χ0n) is 13.0. The molecule has 3 rings (SSSR count). The molecule has 0 spiro atoms. The molecule has 0 atom stereocenters. The van der Waals surface area contributed by atoms with Crippen LogP contribution >= 0.6 is 12.2 Å². The van der Waals surface area contributed by atoms with Crippen molar-refractivity contribution in [2.45, 2.75) is 19.3 Å².